The summed E-state index contributed by atoms with van der Waals surface area (Å²) in [5.41, 5.74) is 0. The van der Waals surface area contributed by atoms with Gasteiger partial charge in [-0.3, -0.25) is 14.4 Å². The van der Waals surface area contributed by atoms with E-state index in [9.17, 15) is 14.4 Å². The number of carbonyl (C=O) groups is 3. The Bertz CT molecular complexity index is 414. The first-order valence-electron chi connectivity index (χ1n) is 6.13. The highest BCUT2D eigenvalue weighted by Crippen LogP contribution is 2.32. The van der Waals surface area contributed by atoms with Crippen molar-refractivity contribution in [3.8, 4) is 0 Å². The van der Waals surface area contributed by atoms with Gasteiger partial charge in [-0.25, -0.2) is 0 Å². The molecule has 1 aliphatic rings. The third-order valence-corrected chi connectivity index (χ3v) is 4.01. The van der Waals surface area contributed by atoms with Crippen molar-refractivity contribution in [2.24, 2.45) is 0 Å². The van der Waals surface area contributed by atoms with Crippen molar-refractivity contribution in [1.29, 1.82) is 0 Å². The Morgan fingerprint density at radius 1 is 0.905 bits per heavy atom. The molecule has 0 unspecified atom stereocenters. The lowest BCUT2D eigenvalue weighted by Crippen LogP contribution is -2.60. The molecule has 0 saturated carbocycles. The van der Waals surface area contributed by atoms with E-state index in [1.165, 1.54) is 20.8 Å². The van der Waals surface area contributed by atoms with Crippen molar-refractivity contribution < 1.29 is 33.3 Å². The van der Waals surface area contributed by atoms with Crippen molar-refractivity contribution in [3.63, 3.8) is 0 Å². The molecule has 0 bridgehead atoms. The van der Waals surface area contributed by atoms with Gasteiger partial charge in [0.15, 0.2) is 23.3 Å². The number of rotatable bonds is 4. The van der Waals surface area contributed by atoms with Crippen LogP contribution in [0.2, 0.25) is 0 Å². The quantitative estimate of drug-likeness (QED) is 0.376. The molecule has 7 nitrogen and oxygen atoms in total. The monoisotopic (exact) mass is 430 g/mol. The highest BCUT2D eigenvalue weighted by Gasteiger charge is 2.50. The fraction of sp³-hybridized carbons (Fsp3) is 0.750. The molecule has 1 heterocycles. The van der Waals surface area contributed by atoms with Gasteiger partial charge in [-0.1, -0.05) is 31.9 Å². The van der Waals surface area contributed by atoms with Crippen LogP contribution in [0.5, 0.6) is 0 Å². The van der Waals surface area contributed by atoms with Gasteiger partial charge in [0.1, 0.15) is 6.10 Å². The highest BCUT2D eigenvalue weighted by atomic mass is 79.9. The van der Waals surface area contributed by atoms with Gasteiger partial charge in [0.25, 0.3) is 0 Å². The summed E-state index contributed by atoms with van der Waals surface area (Å²) in [5.74, 6) is -1.70. The van der Waals surface area contributed by atoms with E-state index in [-0.39, 0.29) is 0 Å². The molecule has 0 N–H and O–H groups in total. The maximum atomic E-state index is 11.3. The Morgan fingerprint density at radius 3 is 1.76 bits per heavy atom. The number of ether oxygens (including phenoxy) is 4. The second kappa shape index (κ2) is 8.09. The van der Waals surface area contributed by atoms with Crippen molar-refractivity contribution in [3.05, 3.63) is 0 Å². The number of hydrogen-bond acceptors (Lipinski definition) is 7. The Kier molecular flexibility index (Phi) is 7.08. The van der Waals surface area contributed by atoms with Gasteiger partial charge < -0.3 is 18.9 Å². The van der Waals surface area contributed by atoms with Crippen LogP contribution in [0.4, 0.5) is 0 Å². The van der Waals surface area contributed by atoms with E-state index in [4.69, 9.17) is 18.9 Å². The van der Waals surface area contributed by atoms with Crippen molar-refractivity contribution in [2.45, 2.75) is 50.2 Å². The van der Waals surface area contributed by atoms with E-state index in [2.05, 4.69) is 31.9 Å². The summed E-state index contributed by atoms with van der Waals surface area (Å²) in [5, 5.41) is -0.350. The molecule has 1 saturated heterocycles. The molecule has 9 heteroatoms. The summed E-state index contributed by atoms with van der Waals surface area (Å²) in [6.45, 7) is 3.68. The van der Waals surface area contributed by atoms with E-state index in [0.717, 1.165) is 0 Å². The lowest BCUT2D eigenvalue weighted by atomic mass is 10.00. The zero-order valence-corrected chi connectivity index (χ0v) is 14.9. The Hall–Kier alpha value is -0.670. The second-order valence-electron chi connectivity index (χ2n) is 4.40. The smallest absolute Gasteiger partial charge is 0.303 e. The molecule has 0 radical (unpaired) electrons. The highest BCUT2D eigenvalue weighted by molar-refractivity contribution is 9.09. The summed E-state index contributed by atoms with van der Waals surface area (Å²) in [6.07, 6.45) is -3.33. The minimum absolute atomic E-state index is 0.345. The summed E-state index contributed by atoms with van der Waals surface area (Å²) in [4.78, 5) is 33.8. The summed E-state index contributed by atoms with van der Waals surface area (Å²) in [7, 11) is 0. The molecule has 0 aromatic heterocycles. The van der Waals surface area contributed by atoms with Crippen molar-refractivity contribution in [1.82, 2.24) is 0 Å². The van der Waals surface area contributed by atoms with E-state index in [1.54, 1.807) is 0 Å². The Labute approximate surface area is 138 Å². The fourth-order valence-electron chi connectivity index (χ4n) is 1.97. The fourth-order valence-corrected chi connectivity index (χ4v) is 3.17. The summed E-state index contributed by atoms with van der Waals surface area (Å²) >= 11 is 6.48. The average Bonchev–Trinajstić information content (AvgIpc) is 2.35. The van der Waals surface area contributed by atoms with Crippen LogP contribution in [-0.4, -0.2) is 52.7 Å². The van der Waals surface area contributed by atoms with E-state index in [1.807, 2.05) is 0 Å². The van der Waals surface area contributed by atoms with Crippen LogP contribution in [0.25, 0.3) is 0 Å². The minimum Gasteiger partial charge on any atom is -0.456 e. The molecule has 0 amide bonds. The molecule has 0 spiro atoms. The van der Waals surface area contributed by atoms with Gasteiger partial charge in [-0.15, -0.1) is 0 Å². The van der Waals surface area contributed by atoms with Crippen LogP contribution in [-0.2, 0) is 33.3 Å². The first-order chi connectivity index (χ1) is 9.76. The predicted octanol–water partition coefficient (Wildman–Crippen LogP) is 1.30. The predicted molar refractivity (Wildman–Crippen MR) is 78.0 cm³/mol. The van der Waals surface area contributed by atoms with Crippen molar-refractivity contribution in [2.75, 3.05) is 5.33 Å². The van der Waals surface area contributed by atoms with Gasteiger partial charge in [-0.05, 0) is 0 Å². The van der Waals surface area contributed by atoms with E-state index < -0.39 is 47.3 Å². The first-order valence-corrected chi connectivity index (χ1v) is 8.17. The minimum atomic E-state index is -0.962. The Balaban J connectivity index is 3.08. The molecule has 0 aliphatic carbocycles. The van der Waals surface area contributed by atoms with Gasteiger partial charge in [0, 0.05) is 26.1 Å². The molecular formula is C12H16Br2O7. The van der Waals surface area contributed by atoms with Crippen LogP contribution in [0.15, 0.2) is 0 Å². The van der Waals surface area contributed by atoms with Gasteiger partial charge in [0.2, 0.25) is 0 Å². The van der Waals surface area contributed by atoms with E-state index >= 15 is 0 Å². The molecule has 120 valence electrons. The van der Waals surface area contributed by atoms with Gasteiger partial charge in [-0.2, -0.15) is 0 Å². The first kappa shape index (κ1) is 18.4. The second-order valence-corrected chi connectivity index (χ2v) is 5.95. The third-order valence-electron chi connectivity index (χ3n) is 2.64. The molecule has 21 heavy (non-hydrogen) atoms. The summed E-state index contributed by atoms with van der Waals surface area (Å²) < 4.78 is 21.1. The SMILES string of the molecule is CC(=O)O[C@@H]1[C@@H](OC(C)=O)[C@@H](Br)O[C@H](CBr)[C@@H]1OC(C)=O. The standard InChI is InChI=1S/C12H16Br2O7/c1-5(15)18-9-8(4-13)21-12(14)11(20-7(3)17)10(9)19-6(2)16/h8-12H,4H2,1-3H3/t8-,9+,10+,11-,12+/m1/s1. The molecule has 5 atom stereocenters. The summed E-state index contributed by atoms with van der Waals surface area (Å²) in [6, 6.07) is 0. The number of carbonyl (C=O) groups excluding carboxylic acids is 3. The maximum Gasteiger partial charge on any atom is 0.303 e. The lowest BCUT2D eigenvalue weighted by molar-refractivity contribution is -0.227. The van der Waals surface area contributed by atoms with Crippen LogP contribution in [0.3, 0.4) is 0 Å². The van der Waals surface area contributed by atoms with Gasteiger partial charge in [0.05, 0.1) is 0 Å². The molecule has 1 rings (SSSR count). The topological polar surface area (TPSA) is 88.1 Å². The van der Waals surface area contributed by atoms with Crippen LogP contribution >= 0.6 is 31.9 Å². The number of alkyl halides is 2. The third kappa shape index (κ3) is 5.23. The van der Waals surface area contributed by atoms with Crippen molar-refractivity contribution >= 4 is 49.8 Å². The largest absolute Gasteiger partial charge is 0.456 e. The zero-order valence-electron chi connectivity index (χ0n) is 11.7. The number of esters is 3. The Morgan fingerprint density at radius 2 is 1.33 bits per heavy atom. The molecule has 0 aromatic carbocycles. The molecular weight excluding hydrogens is 416 g/mol. The zero-order chi connectivity index (χ0) is 16.2. The molecule has 0 aromatic rings. The number of halogens is 2. The van der Waals surface area contributed by atoms with Crippen LogP contribution in [0, 0.1) is 0 Å². The van der Waals surface area contributed by atoms with E-state index in [0.29, 0.717) is 5.33 Å². The molecule has 1 fully saturated rings. The maximum absolute atomic E-state index is 11.3. The normalized spacial score (nSPS) is 32.1. The average molecular weight is 432 g/mol. The molecule has 1 aliphatic heterocycles. The number of hydrogen-bond donors (Lipinski definition) is 0. The van der Waals surface area contributed by atoms with Gasteiger partial charge >= 0.3 is 17.9 Å². The van der Waals surface area contributed by atoms with Crippen LogP contribution in [0.1, 0.15) is 20.8 Å². The lowest BCUT2D eigenvalue weighted by Gasteiger charge is -2.42. The van der Waals surface area contributed by atoms with Crippen LogP contribution < -0.4 is 0 Å².